The Morgan fingerprint density at radius 1 is 1.33 bits per heavy atom. The van der Waals surface area contributed by atoms with E-state index >= 15 is 0 Å². The number of hydrogen-bond acceptors (Lipinski definition) is 2. The number of rotatable bonds is 6. The van der Waals surface area contributed by atoms with Gasteiger partial charge in [0.1, 0.15) is 0 Å². The molecule has 1 heterocycles. The second-order valence-corrected chi connectivity index (χ2v) is 4.80. The fourth-order valence-electron chi connectivity index (χ4n) is 2.18. The van der Waals surface area contributed by atoms with Gasteiger partial charge in [0, 0.05) is 47.9 Å². The van der Waals surface area contributed by atoms with Crippen LogP contribution in [0.25, 0.3) is 10.9 Å². The molecule has 2 aromatic rings. The number of methoxy groups -OCH3 is 1. The molecule has 0 atom stereocenters. The van der Waals surface area contributed by atoms with Crippen LogP contribution in [-0.2, 0) is 17.9 Å². The van der Waals surface area contributed by atoms with Gasteiger partial charge < -0.3 is 14.4 Å². The second-order valence-electron chi connectivity index (χ2n) is 4.37. The number of aryl methyl sites for hydroxylation is 1. The van der Waals surface area contributed by atoms with Gasteiger partial charge in [-0.05, 0) is 25.0 Å². The molecule has 0 aliphatic carbocycles. The van der Waals surface area contributed by atoms with Gasteiger partial charge in [-0.3, -0.25) is 0 Å². The van der Waals surface area contributed by atoms with Gasteiger partial charge in [-0.25, -0.2) is 0 Å². The topological polar surface area (TPSA) is 34.4 Å². The molecule has 0 unspecified atom stereocenters. The highest BCUT2D eigenvalue weighted by atomic mass is 35.5. The van der Waals surface area contributed by atoms with Crippen molar-refractivity contribution in [3.05, 3.63) is 35.0 Å². The van der Waals surface area contributed by atoms with E-state index in [1.54, 1.807) is 7.11 Å². The van der Waals surface area contributed by atoms with E-state index in [0.29, 0.717) is 0 Å². The number of fused-ring (bicyclic) bond motifs is 1. The van der Waals surface area contributed by atoms with Crippen molar-refractivity contribution in [3.63, 3.8) is 0 Å². The number of halogens is 1. The van der Waals surface area contributed by atoms with Crippen LogP contribution in [0.2, 0.25) is 5.02 Å². The van der Waals surface area contributed by atoms with Crippen molar-refractivity contribution in [3.8, 4) is 0 Å². The van der Waals surface area contributed by atoms with Gasteiger partial charge in [-0.15, -0.1) is 0 Å². The summed E-state index contributed by atoms with van der Waals surface area (Å²) >= 11 is 6.03. The van der Waals surface area contributed by atoms with Gasteiger partial charge in [0.15, 0.2) is 0 Å². The Balaban J connectivity index is 2.23. The molecule has 0 aliphatic heterocycles. The molecule has 18 heavy (non-hydrogen) atoms. The highest BCUT2D eigenvalue weighted by Crippen LogP contribution is 2.25. The molecule has 0 amide bonds. The van der Waals surface area contributed by atoms with Gasteiger partial charge in [0.25, 0.3) is 0 Å². The van der Waals surface area contributed by atoms with Crippen molar-refractivity contribution in [2.24, 2.45) is 0 Å². The standard InChI is InChI=1S/C14H18ClNO2/c1-18-7-3-2-6-16-9-11(10-17)13-5-4-12(15)8-14(13)16/h4-5,8-9,17H,2-3,6-7,10H2,1H3. The third kappa shape index (κ3) is 2.86. The largest absolute Gasteiger partial charge is 0.392 e. The Morgan fingerprint density at radius 2 is 2.17 bits per heavy atom. The average Bonchev–Trinajstić information content (AvgIpc) is 2.72. The molecule has 0 saturated heterocycles. The molecular weight excluding hydrogens is 250 g/mol. The smallest absolute Gasteiger partial charge is 0.0702 e. The Kier molecular flexibility index (Phi) is 4.64. The van der Waals surface area contributed by atoms with E-state index in [1.165, 1.54) is 0 Å². The molecule has 0 saturated carbocycles. The van der Waals surface area contributed by atoms with E-state index in [0.717, 1.165) is 47.5 Å². The number of aliphatic hydroxyl groups excluding tert-OH is 1. The summed E-state index contributed by atoms with van der Waals surface area (Å²) < 4.78 is 7.20. The molecule has 0 radical (unpaired) electrons. The summed E-state index contributed by atoms with van der Waals surface area (Å²) in [5.74, 6) is 0. The van der Waals surface area contributed by atoms with E-state index in [-0.39, 0.29) is 6.61 Å². The number of ether oxygens (including phenoxy) is 1. The van der Waals surface area contributed by atoms with E-state index in [2.05, 4.69) is 4.57 Å². The maximum absolute atomic E-state index is 9.36. The number of unbranched alkanes of at least 4 members (excludes halogenated alkanes) is 1. The summed E-state index contributed by atoms with van der Waals surface area (Å²) in [4.78, 5) is 0. The lowest BCUT2D eigenvalue weighted by atomic mass is 10.2. The molecule has 0 aliphatic rings. The van der Waals surface area contributed by atoms with Gasteiger partial charge in [-0.1, -0.05) is 17.7 Å². The van der Waals surface area contributed by atoms with Crippen LogP contribution in [0.3, 0.4) is 0 Å². The number of hydrogen-bond donors (Lipinski definition) is 1. The number of nitrogens with zero attached hydrogens (tertiary/aromatic N) is 1. The Bertz CT molecular complexity index is 522. The zero-order valence-corrected chi connectivity index (χ0v) is 11.3. The zero-order chi connectivity index (χ0) is 13.0. The molecular formula is C14H18ClNO2. The lowest BCUT2D eigenvalue weighted by Crippen LogP contribution is -1.98. The lowest BCUT2D eigenvalue weighted by molar-refractivity contribution is 0.191. The maximum Gasteiger partial charge on any atom is 0.0702 e. The van der Waals surface area contributed by atoms with Crippen LogP contribution < -0.4 is 0 Å². The quantitative estimate of drug-likeness (QED) is 0.816. The van der Waals surface area contributed by atoms with E-state index in [4.69, 9.17) is 16.3 Å². The normalized spacial score (nSPS) is 11.3. The molecule has 1 aromatic carbocycles. The third-order valence-corrected chi connectivity index (χ3v) is 3.33. The lowest BCUT2D eigenvalue weighted by Gasteiger charge is -2.05. The van der Waals surface area contributed by atoms with Crippen molar-refractivity contribution in [1.82, 2.24) is 4.57 Å². The molecule has 98 valence electrons. The van der Waals surface area contributed by atoms with Crippen molar-refractivity contribution in [2.45, 2.75) is 26.0 Å². The Labute approximate surface area is 112 Å². The first kappa shape index (κ1) is 13.4. The first-order valence-electron chi connectivity index (χ1n) is 6.13. The first-order valence-corrected chi connectivity index (χ1v) is 6.51. The van der Waals surface area contributed by atoms with Crippen molar-refractivity contribution >= 4 is 22.5 Å². The van der Waals surface area contributed by atoms with Crippen LogP contribution >= 0.6 is 11.6 Å². The summed E-state index contributed by atoms with van der Waals surface area (Å²) in [5, 5.41) is 11.2. The van der Waals surface area contributed by atoms with Crippen molar-refractivity contribution < 1.29 is 9.84 Å². The van der Waals surface area contributed by atoms with Crippen LogP contribution in [0.15, 0.2) is 24.4 Å². The van der Waals surface area contributed by atoms with Crippen LogP contribution in [0.1, 0.15) is 18.4 Å². The molecule has 4 heteroatoms. The third-order valence-electron chi connectivity index (χ3n) is 3.09. The number of benzene rings is 1. The molecule has 2 rings (SSSR count). The summed E-state index contributed by atoms with van der Waals surface area (Å²) in [6.45, 7) is 1.76. The Morgan fingerprint density at radius 3 is 2.89 bits per heavy atom. The van der Waals surface area contributed by atoms with Gasteiger partial charge in [0.2, 0.25) is 0 Å². The average molecular weight is 268 g/mol. The molecule has 1 N–H and O–H groups in total. The van der Waals surface area contributed by atoms with Crippen molar-refractivity contribution in [1.29, 1.82) is 0 Å². The van der Waals surface area contributed by atoms with Crippen LogP contribution in [0.5, 0.6) is 0 Å². The number of aliphatic hydroxyl groups is 1. The number of aromatic nitrogens is 1. The van der Waals surface area contributed by atoms with Crippen LogP contribution in [0.4, 0.5) is 0 Å². The zero-order valence-electron chi connectivity index (χ0n) is 10.5. The highest BCUT2D eigenvalue weighted by Gasteiger charge is 2.08. The molecule has 3 nitrogen and oxygen atoms in total. The summed E-state index contributed by atoms with van der Waals surface area (Å²) in [5.41, 5.74) is 2.04. The van der Waals surface area contributed by atoms with Crippen LogP contribution in [0, 0.1) is 0 Å². The minimum atomic E-state index is 0.0587. The fraction of sp³-hybridized carbons (Fsp3) is 0.429. The van der Waals surface area contributed by atoms with Crippen LogP contribution in [-0.4, -0.2) is 23.4 Å². The van der Waals surface area contributed by atoms with Gasteiger partial charge >= 0.3 is 0 Å². The van der Waals surface area contributed by atoms with Gasteiger partial charge in [0.05, 0.1) is 6.61 Å². The van der Waals surface area contributed by atoms with E-state index < -0.39 is 0 Å². The first-order chi connectivity index (χ1) is 8.76. The summed E-state index contributed by atoms with van der Waals surface area (Å²) in [7, 11) is 1.72. The van der Waals surface area contributed by atoms with E-state index in [9.17, 15) is 5.11 Å². The Hall–Kier alpha value is -1.03. The second kappa shape index (κ2) is 6.23. The minimum absolute atomic E-state index is 0.0587. The predicted molar refractivity (Wildman–Crippen MR) is 74.0 cm³/mol. The van der Waals surface area contributed by atoms with Gasteiger partial charge in [-0.2, -0.15) is 0 Å². The molecule has 0 spiro atoms. The summed E-state index contributed by atoms with van der Waals surface area (Å²) in [6.07, 6.45) is 4.09. The van der Waals surface area contributed by atoms with Crippen molar-refractivity contribution in [2.75, 3.05) is 13.7 Å². The summed E-state index contributed by atoms with van der Waals surface area (Å²) in [6, 6.07) is 5.78. The monoisotopic (exact) mass is 267 g/mol. The minimum Gasteiger partial charge on any atom is -0.392 e. The molecule has 1 aromatic heterocycles. The highest BCUT2D eigenvalue weighted by molar-refractivity contribution is 6.31. The fourth-order valence-corrected chi connectivity index (χ4v) is 2.35. The predicted octanol–water partition coefficient (Wildman–Crippen LogP) is 3.21. The SMILES string of the molecule is COCCCCn1cc(CO)c2ccc(Cl)cc21. The molecule has 0 bridgehead atoms. The van der Waals surface area contributed by atoms with E-state index in [1.807, 2.05) is 24.4 Å². The molecule has 0 fully saturated rings. The maximum atomic E-state index is 9.36.